The minimum Gasteiger partial charge on any atom is -0.398 e. The normalized spacial score (nSPS) is 27.8. The van der Waals surface area contributed by atoms with Crippen LogP contribution in [0.25, 0.3) is 0 Å². The van der Waals surface area contributed by atoms with Gasteiger partial charge in [0.05, 0.1) is 23.4 Å². The lowest BCUT2D eigenvalue weighted by Gasteiger charge is -2.32. The number of aromatic nitrogens is 2. The van der Waals surface area contributed by atoms with E-state index >= 15 is 0 Å². The standard InChI is InChI=1S/C15H23BN2O3/c1-14(2)15(3,4)21-16(20-14)12-7-8-17-13(18-12)11-6-5-9-19-10-11/h7-8,11H,5-6,9-10H2,1-4H3. The second-order valence-corrected chi connectivity index (χ2v) is 6.84. The molecule has 3 heterocycles. The average Bonchev–Trinajstić information content (AvgIpc) is 2.69. The molecular formula is C15H23BN2O3. The lowest BCUT2D eigenvalue weighted by Crippen LogP contribution is -2.41. The Hall–Kier alpha value is -0.975. The summed E-state index contributed by atoms with van der Waals surface area (Å²) in [4.78, 5) is 9.07. The van der Waals surface area contributed by atoms with Crippen LogP contribution < -0.4 is 5.59 Å². The third-order valence-electron chi connectivity index (χ3n) is 4.72. The van der Waals surface area contributed by atoms with Gasteiger partial charge in [0.15, 0.2) is 0 Å². The van der Waals surface area contributed by atoms with Crippen LogP contribution in [0.1, 0.15) is 52.3 Å². The molecule has 0 radical (unpaired) electrons. The summed E-state index contributed by atoms with van der Waals surface area (Å²) < 4.78 is 17.6. The fraction of sp³-hybridized carbons (Fsp3) is 0.733. The maximum absolute atomic E-state index is 6.05. The molecule has 6 heteroatoms. The Morgan fingerprint density at radius 2 is 1.90 bits per heavy atom. The molecule has 1 atom stereocenters. The van der Waals surface area contributed by atoms with Gasteiger partial charge in [-0.1, -0.05) is 0 Å². The summed E-state index contributed by atoms with van der Waals surface area (Å²) >= 11 is 0. The third-order valence-corrected chi connectivity index (χ3v) is 4.72. The first-order valence-electron chi connectivity index (χ1n) is 7.65. The molecule has 0 N–H and O–H groups in total. The Bertz CT molecular complexity index is 499. The highest BCUT2D eigenvalue weighted by molar-refractivity contribution is 6.61. The van der Waals surface area contributed by atoms with Crippen molar-refractivity contribution in [2.75, 3.05) is 13.2 Å². The highest BCUT2D eigenvalue weighted by Crippen LogP contribution is 2.36. The Balaban J connectivity index is 1.81. The minimum atomic E-state index is -0.429. The molecule has 0 bridgehead atoms. The fourth-order valence-electron chi connectivity index (χ4n) is 2.62. The summed E-state index contributed by atoms with van der Waals surface area (Å²) in [5.41, 5.74) is 0.0946. The van der Waals surface area contributed by atoms with Crippen LogP contribution in [0.2, 0.25) is 0 Å². The predicted molar refractivity (Wildman–Crippen MR) is 80.5 cm³/mol. The molecule has 1 unspecified atom stereocenters. The summed E-state index contributed by atoms with van der Waals surface area (Å²) in [5.74, 6) is 1.11. The Morgan fingerprint density at radius 1 is 1.19 bits per heavy atom. The minimum absolute atomic E-state index is 0.279. The molecule has 0 amide bonds. The molecule has 0 saturated carbocycles. The van der Waals surface area contributed by atoms with Crippen molar-refractivity contribution in [3.8, 4) is 0 Å². The van der Waals surface area contributed by atoms with Gasteiger partial charge in [-0.2, -0.15) is 0 Å². The van der Waals surface area contributed by atoms with E-state index in [0.29, 0.717) is 6.61 Å². The van der Waals surface area contributed by atoms with Crippen molar-refractivity contribution in [3.05, 3.63) is 18.1 Å². The smallest absolute Gasteiger partial charge is 0.398 e. The van der Waals surface area contributed by atoms with Crippen LogP contribution in [0.4, 0.5) is 0 Å². The van der Waals surface area contributed by atoms with Gasteiger partial charge in [-0.05, 0) is 46.6 Å². The van der Waals surface area contributed by atoms with Crippen LogP contribution in [-0.4, -0.2) is 41.5 Å². The zero-order valence-corrected chi connectivity index (χ0v) is 13.3. The largest absolute Gasteiger partial charge is 0.514 e. The van der Waals surface area contributed by atoms with Crippen LogP contribution >= 0.6 is 0 Å². The molecular weight excluding hydrogens is 267 g/mol. The molecule has 2 aliphatic rings. The number of ether oxygens (including phenoxy) is 1. The van der Waals surface area contributed by atoms with Crippen molar-refractivity contribution >= 4 is 12.7 Å². The molecule has 0 aromatic carbocycles. The fourth-order valence-corrected chi connectivity index (χ4v) is 2.62. The van der Waals surface area contributed by atoms with Crippen molar-refractivity contribution < 1.29 is 14.0 Å². The van der Waals surface area contributed by atoms with Crippen LogP contribution in [0.3, 0.4) is 0 Å². The lowest BCUT2D eigenvalue weighted by atomic mass is 9.84. The number of nitrogens with zero attached hydrogens (tertiary/aromatic N) is 2. The van der Waals surface area contributed by atoms with E-state index in [9.17, 15) is 0 Å². The van der Waals surface area contributed by atoms with Gasteiger partial charge in [0.2, 0.25) is 0 Å². The van der Waals surface area contributed by atoms with Crippen molar-refractivity contribution in [2.24, 2.45) is 0 Å². The quantitative estimate of drug-likeness (QED) is 0.776. The van der Waals surface area contributed by atoms with Gasteiger partial charge in [-0.25, -0.2) is 9.97 Å². The Morgan fingerprint density at radius 3 is 2.52 bits per heavy atom. The van der Waals surface area contributed by atoms with E-state index in [2.05, 4.69) is 9.97 Å². The molecule has 2 fully saturated rings. The first-order valence-corrected chi connectivity index (χ1v) is 7.65. The van der Waals surface area contributed by atoms with Crippen molar-refractivity contribution in [3.63, 3.8) is 0 Å². The first-order chi connectivity index (χ1) is 9.89. The molecule has 3 rings (SSSR count). The Labute approximate surface area is 126 Å². The second kappa shape index (κ2) is 5.34. The lowest BCUT2D eigenvalue weighted by molar-refractivity contribution is 0.00578. The zero-order chi connectivity index (χ0) is 15.1. The van der Waals surface area contributed by atoms with Crippen molar-refractivity contribution in [1.29, 1.82) is 0 Å². The van der Waals surface area contributed by atoms with Gasteiger partial charge >= 0.3 is 7.12 Å². The zero-order valence-electron chi connectivity index (χ0n) is 13.3. The first kappa shape index (κ1) is 14.9. The predicted octanol–water partition coefficient (Wildman–Crippen LogP) is 1.67. The van der Waals surface area contributed by atoms with E-state index in [1.807, 2.05) is 33.8 Å². The topological polar surface area (TPSA) is 53.5 Å². The van der Waals surface area contributed by atoms with Gasteiger partial charge in [0, 0.05) is 18.7 Å². The van der Waals surface area contributed by atoms with Gasteiger partial charge in [-0.3, -0.25) is 0 Å². The molecule has 0 aliphatic carbocycles. The van der Waals surface area contributed by atoms with E-state index in [1.165, 1.54) is 0 Å². The molecule has 1 aromatic heterocycles. The molecule has 21 heavy (non-hydrogen) atoms. The van der Waals surface area contributed by atoms with Crippen LogP contribution in [0.15, 0.2) is 12.3 Å². The van der Waals surface area contributed by atoms with Crippen LogP contribution in [0.5, 0.6) is 0 Å². The summed E-state index contributed by atoms with van der Waals surface area (Å²) in [6.45, 7) is 9.72. The Kier molecular flexibility index (Phi) is 3.80. The summed E-state index contributed by atoms with van der Waals surface area (Å²) in [7, 11) is -0.429. The van der Waals surface area contributed by atoms with Crippen molar-refractivity contribution in [1.82, 2.24) is 9.97 Å². The second-order valence-electron chi connectivity index (χ2n) is 6.84. The highest BCUT2D eigenvalue weighted by Gasteiger charge is 2.52. The van der Waals surface area contributed by atoms with E-state index in [4.69, 9.17) is 14.0 Å². The van der Waals surface area contributed by atoms with E-state index < -0.39 is 7.12 Å². The molecule has 0 spiro atoms. The average molecular weight is 290 g/mol. The summed E-state index contributed by atoms with van der Waals surface area (Å²) in [6, 6.07) is 1.87. The molecule has 2 aliphatic heterocycles. The molecule has 2 saturated heterocycles. The van der Waals surface area contributed by atoms with Gasteiger partial charge in [0.1, 0.15) is 5.82 Å². The van der Waals surface area contributed by atoms with E-state index in [-0.39, 0.29) is 17.1 Å². The van der Waals surface area contributed by atoms with E-state index in [1.54, 1.807) is 6.20 Å². The van der Waals surface area contributed by atoms with E-state index in [0.717, 1.165) is 30.9 Å². The maximum atomic E-state index is 6.05. The molecule has 114 valence electrons. The monoisotopic (exact) mass is 290 g/mol. The summed E-state index contributed by atoms with van der Waals surface area (Å²) in [5, 5.41) is 0. The number of rotatable bonds is 2. The van der Waals surface area contributed by atoms with Gasteiger partial charge in [0.25, 0.3) is 0 Å². The maximum Gasteiger partial charge on any atom is 0.514 e. The van der Waals surface area contributed by atoms with Crippen molar-refractivity contribution in [2.45, 2.75) is 57.7 Å². The van der Waals surface area contributed by atoms with Crippen LogP contribution in [-0.2, 0) is 14.0 Å². The third kappa shape index (κ3) is 2.85. The van der Waals surface area contributed by atoms with Gasteiger partial charge in [-0.15, -0.1) is 0 Å². The van der Waals surface area contributed by atoms with Gasteiger partial charge < -0.3 is 14.0 Å². The van der Waals surface area contributed by atoms with Crippen LogP contribution in [0, 0.1) is 0 Å². The number of hydrogen-bond acceptors (Lipinski definition) is 5. The number of hydrogen-bond donors (Lipinski definition) is 0. The highest BCUT2D eigenvalue weighted by atomic mass is 16.7. The SMILES string of the molecule is CC1(C)OB(c2ccnc(C3CCCOC3)n2)OC1(C)C. The molecule has 5 nitrogen and oxygen atoms in total. The summed E-state index contributed by atoms with van der Waals surface area (Å²) in [6.07, 6.45) is 3.93. The molecule has 1 aromatic rings.